The highest BCUT2D eigenvalue weighted by Crippen LogP contribution is 1.85. The van der Waals surface area contributed by atoms with Crippen molar-refractivity contribution in [2.45, 2.75) is 20.8 Å². The van der Waals surface area contributed by atoms with Crippen molar-refractivity contribution in [3.8, 4) is 0 Å². The van der Waals surface area contributed by atoms with Crippen LogP contribution in [-0.4, -0.2) is 4.98 Å². The Kier molecular flexibility index (Phi) is 4.88. The van der Waals surface area contributed by atoms with E-state index in [9.17, 15) is 0 Å². The summed E-state index contributed by atoms with van der Waals surface area (Å²) in [7, 11) is 0. The summed E-state index contributed by atoms with van der Waals surface area (Å²) >= 11 is 0. The van der Waals surface area contributed by atoms with Gasteiger partial charge in [-0.05, 0) is 5.92 Å². The molecule has 0 aliphatic carbocycles. The Bertz CT molecular complexity index is 92.5. The topological polar surface area (TPSA) is 26.0 Å². The van der Waals surface area contributed by atoms with E-state index in [-0.39, 0.29) is 0 Å². The minimum atomic E-state index is 1.38. The van der Waals surface area contributed by atoms with Gasteiger partial charge in [-0.3, -0.25) is 0 Å². The molecular weight excluding hydrogens is 114 g/mol. The Morgan fingerprint density at radius 1 is 1.33 bits per heavy atom. The molecule has 0 aromatic carbocycles. The van der Waals surface area contributed by atoms with Crippen LogP contribution in [0, 0.1) is 5.92 Å². The molecule has 1 rings (SSSR count). The number of hydrogen-bond acceptors (Lipinski definition) is 2. The first-order valence-corrected chi connectivity index (χ1v) is 2.82. The Morgan fingerprint density at radius 3 is 2.00 bits per heavy atom. The zero-order valence-corrected chi connectivity index (χ0v) is 6.09. The molecule has 0 amide bonds. The maximum Gasteiger partial charge on any atom is 0.180 e. The van der Waals surface area contributed by atoms with Gasteiger partial charge in [-0.2, -0.15) is 0 Å². The summed E-state index contributed by atoms with van der Waals surface area (Å²) in [5, 5.41) is 0. The first kappa shape index (κ1) is 8.21. The van der Waals surface area contributed by atoms with Gasteiger partial charge in [-0.25, -0.2) is 4.98 Å². The molecule has 0 bridgehead atoms. The van der Waals surface area contributed by atoms with Crippen molar-refractivity contribution >= 4 is 0 Å². The van der Waals surface area contributed by atoms with E-state index in [2.05, 4.69) is 30.2 Å². The van der Waals surface area contributed by atoms with Crippen molar-refractivity contribution in [1.82, 2.24) is 4.98 Å². The van der Waals surface area contributed by atoms with Crippen LogP contribution in [0.25, 0.3) is 0 Å². The summed E-state index contributed by atoms with van der Waals surface area (Å²) in [4.78, 5) is 3.56. The lowest BCUT2D eigenvalue weighted by Gasteiger charge is -1.78. The summed E-state index contributed by atoms with van der Waals surface area (Å²) in [6.07, 6.45) is 4.47. The molecule has 1 aromatic heterocycles. The Labute approximate surface area is 55.9 Å². The highest BCUT2D eigenvalue weighted by molar-refractivity contribution is 4.65. The van der Waals surface area contributed by atoms with Gasteiger partial charge in [0.25, 0.3) is 0 Å². The van der Waals surface area contributed by atoms with Crippen LogP contribution in [0.5, 0.6) is 0 Å². The van der Waals surface area contributed by atoms with Crippen LogP contribution in [0.2, 0.25) is 0 Å². The van der Waals surface area contributed by atoms with Crippen LogP contribution in [0.15, 0.2) is 23.3 Å². The third kappa shape index (κ3) is 11.0. The maximum atomic E-state index is 4.47. The molecule has 0 saturated carbocycles. The third-order valence-corrected chi connectivity index (χ3v) is 0.347. The van der Waals surface area contributed by atoms with Crippen LogP contribution in [0.3, 0.4) is 0 Å². The molecule has 0 unspecified atom stereocenters. The Morgan fingerprint density at radius 2 is 1.89 bits per heavy atom. The zero-order valence-electron chi connectivity index (χ0n) is 6.09. The molecule has 9 heavy (non-hydrogen) atoms. The molecule has 1 aromatic rings. The highest BCUT2D eigenvalue weighted by Gasteiger charge is 1.69. The lowest BCUT2D eigenvalue weighted by Crippen LogP contribution is -1.62. The van der Waals surface area contributed by atoms with Crippen molar-refractivity contribution in [2.24, 2.45) is 0 Å². The van der Waals surface area contributed by atoms with Gasteiger partial charge in [-0.1, -0.05) is 20.8 Å². The molecule has 1 heterocycles. The van der Waals surface area contributed by atoms with Crippen LogP contribution in [0.1, 0.15) is 20.8 Å². The predicted molar refractivity (Wildman–Crippen MR) is 36.8 cm³/mol. The van der Waals surface area contributed by atoms with Crippen molar-refractivity contribution in [3.63, 3.8) is 0 Å². The van der Waals surface area contributed by atoms with Crippen LogP contribution in [0.4, 0.5) is 0 Å². The van der Waals surface area contributed by atoms with Crippen molar-refractivity contribution in [1.29, 1.82) is 0 Å². The SMILES string of the molecule is C[C](C)C.c1cocn1. The maximum absolute atomic E-state index is 4.47. The van der Waals surface area contributed by atoms with Crippen molar-refractivity contribution in [2.75, 3.05) is 0 Å². The molecule has 2 heteroatoms. The molecular formula is C7H12NO. The number of hydrogen-bond donors (Lipinski definition) is 0. The highest BCUT2D eigenvalue weighted by atomic mass is 16.3. The zero-order chi connectivity index (χ0) is 7.11. The standard InChI is InChI=1S/C4H9.C3H3NO/c1-4(2)3;1-2-5-3-4-1/h1-3H3;1-3H. The molecule has 0 atom stereocenters. The van der Waals surface area contributed by atoms with Crippen LogP contribution >= 0.6 is 0 Å². The van der Waals surface area contributed by atoms with Gasteiger partial charge in [-0.15, -0.1) is 0 Å². The normalized spacial score (nSPS) is 8.44. The van der Waals surface area contributed by atoms with Gasteiger partial charge in [0.1, 0.15) is 6.26 Å². The summed E-state index contributed by atoms with van der Waals surface area (Å²) < 4.78 is 4.47. The predicted octanol–water partition coefficient (Wildman–Crippen LogP) is 2.30. The van der Waals surface area contributed by atoms with E-state index in [4.69, 9.17) is 0 Å². The minimum absolute atomic E-state index is 1.38. The molecule has 0 spiro atoms. The molecule has 0 N–H and O–H groups in total. The molecule has 0 fully saturated rings. The second-order valence-electron chi connectivity index (χ2n) is 2.18. The number of aromatic nitrogens is 1. The molecule has 0 saturated heterocycles. The van der Waals surface area contributed by atoms with Crippen molar-refractivity contribution < 1.29 is 4.42 Å². The summed E-state index contributed by atoms with van der Waals surface area (Å²) in [6.45, 7) is 6.25. The van der Waals surface area contributed by atoms with Gasteiger partial charge >= 0.3 is 0 Å². The van der Waals surface area contributed by atoms with Gasteiger partial charge in [0.15, 0.2) is 6.39 Å². The average Bonchev–Trinajstić information content (AvgIpc) is 2.11. The fraction of sp³-hybridized carbons (Fsp3) is 0.429. The van der Waals surface area contributed by atoms with Crippen molar-refractivity contribution in [3.05, 3.63) is 24.8 Å². The quantitative estimate of drug-likeness (QED) is 0.533. The number of oxazole rings is 1. The van der Waals surface area contributed by atoms with E-state index in [0.29, 0.717) is 0 Å². The van der Waals surface area contributed by atoms with E-state index in [1.54, 1.807) is 6.20 Å². The summed E-state index contributed by atoms with van der Waals surface area (Å²) in [5.41, 5.74) is 0. The monoisotopic (exact) mass is 126 g/mol. The van der Waals surface area contributed by atoms with Crippen LogP contribution < -0.4 is 0 Å². The van der Waals surface area contributed by atoms with Gasteiger partial charge in [0.05, 0.1) is 6.20 Å². The average molecular weight is 126 g/mol. The van der Waals surface area contributed by atoms with E-state index >= 15 is 0 Å². The summed E-state index contributed by atoms with van der Waals surface area (Å²) in [5.74, 6) is 1.42. The fourth-order valence-electron chi connectivity index (χ4n) is 0.176. The van der Waals surface area contributed by atoms with E-state index in [0.717, 1.165) is 0 Å². The molecule has 1 radical (unpaired) electrons. The lowest BCUT2D eigenvalue weighted by molar-refractivity contribution is 0.558. The Balaban J connectivity index is 0.000000148. The molecule has 0 aliphatic heterocycles. The number of rotatable bonds is 0. The molecule has 2 nitrogen and oxygen atoms in total. The molecule has 51 valence electrons. The number of nitrogens with zero attached hydrogens (tertiary/aromatic N) is 1. The third-order valence-electron chi connectivity index (χ3n) is 0.347. The van der Waals surface area contributed by atoms with Gasteiger partial charge in [0.2, 0.25) is 0 Å². The smallest absolute Gasteiger partial charge is 0.180 e. The first-order chi connectivity index (χ1) is 4.23. The largest absolute Gasteiger partial charge is 0.452 e. The van der Waals surface area contributed by atoms with E-state index in [1.165, 1.54) is 18.6 Å². The summed E-state index contributed by atoms with van der Waals surface area (Å²) in [6, 6.07) is 0. The second kappa shape index (κ2) is 5.35. The Hall–Kier alpha value is -0.790. The van der Waals surface area contributed by atoms with Crippen LogP contribution in [-0.2, 0) is 0 Å². The molecule has 0 aliphatic rings. The second-order valence-corrected chi connectivity index (χ2v) is 2.18. The fourth-order valence-corrected chi connectivity index (χ4v) is 0.176. The minimum Gasteiger partial charge on any atom is -0.452 e. The van der Waals surface area contributed by atoms with Gasteiger partial charge in [0, 0.05) is 0 Å². The lowest BCUT2D eigenvalue weighted by atomic mass is 10.3. The first-order valence-electron chi connectivity index (χ1n) is 2.82. The van der Waals surface area contributed by atoms with Gasteiger partial charge < -0.3 is 4.42 Å². The van der Waals surface area contributed by atoms with E-state index < -0.39 is 0 Å². The van der Waals surface area contributed by atoms with E-state index in [1.807, 2.05) is 0 Å².